The van der Waals surface area contributed by atoms with E-state index in [1.807, 2.05) is 6.92 Å². The lowest BCUT2D eigenvalue weighted by molar-refractivity contribution is 0.174. The largest absolute Gasteiger partial charge is 0.392 e. The van der Waals surface area contributed by atoms with E-state index in [0.717, 1.165) is 37.4 Å². The highest BCUT2D eigenvalue weighted by Gasteiger charge is 2.20. The van der Waals surface area contributed by atoms with Crippen LogP contribution in [0.4, 0.5) is 0 Å². The van der Waals surface area contributed by atoms with Crippen molar-refractivity contribution in [2.75, 3.05) is 19.5 Å². The van der Waals surface area contributed by atoms with Gasteiger partial charge in [0.05, 0.1) is 11.8 Å². The maximum atomic E-state index is 9.54. The number of alkyl halides is 1. The second-order valence-corrected chi connectivity index (χ2v) is 5.23. The van der Waals surface area contributed by atoms with E-state index in [9.17, 15) is 5.11 Å². The summed E-state index contributed by atoms with van der Waals surface area (Å²) in [5, 5.41) is 9.54. The maximum absolute atomic E-state index is 9.54. The highest BCUT2D eigenvalue weighted by molar-refractivity contribution is 6.15. The van der Waals surface area contributed by atoms with Gasteiger partial charge in [-0.3, -0.25) is 4.90 Å². The molecule has 2 aromatic rings. The predicted molar refractivity (Wildman–Crippen MR) is 82.3 cm³/mol. The number of aliphatic hydroxyl groups is 1. The number of imidazole rings is 1. The molecule has 4 nitrogen and oxygen atoms in total. The summed E-state index contributed by atoms with van der Waals surface area (Å²) in [5.74, 6) is 0. The van der Waals surface area contributed by atoms with Gasteiger partial charge in [0, 0.05) is 37.9 Å². The van der Waals surface area contributed by atoms with E-state index >= 15 is 0 Å². The topological polar surface area (TPSA) is 40.8 Å². The van der Waals surface area contributed by atoms with Gasteiger partial charge < -0.3 is 9.51 Å². The van der Waals surface area contributed by atoms with Gasteiger partial charge >= 0.3 is 0 Å². The molecule has 2 aromatic heterocycles. The van der Waals surface area contributed by atoms with Gasteiger partial charge in [0.2, 0.25) is 0 Å². The van der Waals surface area contributed by atoms with Crippen molar-refractivity contribution in [3.63, 3.8) is 0 Å². The second-order valence-electron chi connectivity index (χ2n) is 5.23. The third kappa shape index (κ3) is 3.14. The smallest absolute Gasteiger partial charge is 0.137 e. The summed E-state index contributed by atoms with van der Waals surface area (Å²) < 4.78 is 2.15. The summed E-state index contributed by atoms with van der Waals surface area (Å²) in [6, 6.07) is 4.20. The number of nitrogens with zero attached hydrogens (tertiary/aromatic N) is 3. The number of fused-ring (bicyclic) bond motifs is 1. The van der Waals surface area contributed by atoms with E-state index in [2.05, 4.69) is 51.1 Å². The fraction of sp³-hybridized carbons (Fsp3) is 0.533. The molecule has 1 aliphatic rings. The number of aliphatic hydroxyl groups excluding tert-OH is 1. The van der Waals surface area contributed by atoms with Crippen LogP contribution in [-0.4, -0.2) is 45.0 Å². The fourth-order valence-electron chi connectivity index (χ4n) is 2.63. The Kier molecular flexibility index (Phi) is 5.02. The fourth-order valence-corrected chi connectivity index (χ4v) is 2.63. The predicted octanol–water partition coefficient (Wildman–Crippen LogP) is 2.37. The Morgan fingerprint density at radius 3 is 2.75 bits per heavy atom. The molecule has 0 saturated carbocycles. The SMILES string of the molecule is CCl.Cc1nc2ccc(CN3CCC(O)C3)cn2c1C. The zero-order chi connectivity index (χ0) is 14.7. The summed E-state index contributed by atoms with van der Waals surface area (Å²) in [7, 11) is 0. The minimum absolute atomic E-state index is 0.147. The normalized spacial score (nSPS) is 19.1. The standard InChI is InChI=1S/C14H19N3O.CH3Cl/c1-10-11(2)17-8-12(3-4-14(17)15-10)7-16-6-5-13(18)9-16;1-2/h3-4,8,13,18H,5-7,9H2,1-2H3;1H3. The monoisotopic (exact) mass is 295 g/mol. The first kappa shape index (κ1) is 15.3. The number of rotatable bonds is 2. The number of aromatic nitrogens is 2. The third-order valence-corrected chi connectivity index (χ3v) is 3.81. The molecule has 0 spiro atoms. The molecule has 20 heavy (non-hydrogen) atoms. The Hall–Kier alpha value is -1.10. The first-order chi connectivity index (χ1) is 9.63. The average Bonchev–Trinajstić information content (AvgIpc) is 2.98. The Bertz CT molecular complexity index is 582. The summed E-state index contributed by atoms with van der Waals surface area (Å²) >= 11 is 4.64. The van der Waals surface area contributed by atoms with Crippen molar-refractivity contribution in [3.8, 4) is 0 Å². The summed E-state index contributed by atoms with van der Waals surface area (Å²) in [4.78, 5) is 6.80. The molecule has 1 unspecified atom stereocenters. The number of likely N-dealkylation sites (tertiary alicyclic amines) is 1. The quantitative estimate of drug-likeness (QED) is 0.865. The van der Waals surface area contributed by atoms with Crippen LogP contribution < -0.4 is 0 Å². The van der Waals surface area contributed by atoms with E-state index in [-0.39, 0.29) is 6.10 Å². The van der Waals surface area contributed by atoms with Crippen LogP contribution >= 0.6 is 11.6 Å². The molecule has 0 aromatic carbocycles. The molecule has 1 saturated heterocycles. The van der Waals surface area contributed by atoms with Gasteiger partial charge in [-0.25, -0.2) is 4.98 Å². The van der Waals surface area contributed by atoms with E-state index in [1.165, 1.54) is 17.6 Å². The molecular weight excluding hydrogens is 274 g/mol. The van der Waals surface area contributed by atoms with Gasteiger partial charge in [0.1, 0.15) is 5.65 Å². The number of hydrogen-bond acceptors (Lipinski definition) is 3. The lowest BCUT2D eigenvalue weighted by atomic mass is 10.2. The molecule has 5 heteroatoms. The molecule has 110 valence electrons. The molecule has 1 fully saturated rings. The van der Waals surface area contributed by atoms with Crippen molar-refractivity contribution in [2.45, 2.75) is 32.9 Å². The van der Waals surface area contributed by atoms with Crippen molar-refractivity contribution in [3.05, 3.63) is 35.3 Å². The summed E-state index contributed by atoms with van der Waals surface area (Å²) in [6.07, 6.45) is 4.38. The van der Waals surface area contributed by atoms with Crippen molar-refractivity contribution in [1.29, 1.82) is 0 Å². The Balaban J connectivity index is 0.000000704. The second kappa shape index (κ2) is 6.57. The molecule has 1 atom stereocenters. The van der Waals surface area contributed by atoms with Crippen LogP contribution in [0.15, 0.2) is 18.3 Å². The highest BCUT2D eigenvalue weighted by atomic mass is 35.5. The van der Waals surface area contributed by atoms with Crippen LogP contribution in [0.1, 0.15) is 23.4 Å². The maximum Gasteiger partial charge on any atom is 0.137 e. The Morgan fingerprint density at radius 2 is 2.10 bits per heavy atom. The molecule has 0 bridgehead atoms. The molecule has 0 radical (unpaired) electrons. The third-order valence-electron chi connectivity index (χ3n) is 3.81. The lowest BCUT2D eigenvalue weighted by Gasteiger charge is -2.15. The van der Waals surface area contributed by atoms with E-state index in [1.54, 1.807) is 0 Å². The molecule has 3 heterocycles. The molecule has 0 aliphatic carbocycles. The molecule has 0 amide bonds. The molecule has 1 N–H and O–H groups in total. The Morgan fingerprint density at radius 1 is 1.35 bits per heavy atom. The van der Waals surface area contributed by atoms with Gasteiger partial charge in [-0.15, -0.1) is 11.6 Å². The van der Waals surface area contributed by atoms with Crippen LogP contribution in [0.3, 0.4) is 0 Å². The number of hydrogen-bond donors (Lipinski definition) is 1. The van der Waals surface area contributed by atoms with Crippen LogP contribution in [-0.2, 0) is 6.54 Å². The molecule has 3 rings (SSSR count). The molecular formula is C15H22ClN3O. The van der Waals surface area contributed by atoms with Crippen molar-refractivity contribution < 1.29 is 5.11 Å². The first-order valence-corrected chi connectivity index (χ1v) is 7.61. The van der Waals surface area contributed by atoms with Crippen molar-refractivity contribution >= 4 is 17.2 Å². The number of aryl methyl sites for hydroxylation is 2. The van der Waals surface area contributed by atoms with Gasteiger partial charge in [-0.1, -0.05) is 6.07 Å². The van der Waals surface area contributed by atoms with Crippen molar-refractivity contribution in [1.82, 2.24) is 14.3 Å². The lowest BCUT2D eigenvalue weighted by Crippen LogP contribution is -2.21. The minimum Gasteiger partial charge on any atom is -0.392 e. The summed E-state index contributed by atoms with van der Waals surface area (Å²) in [5.41, 5.74) is 4.57. The molecule has 1 aliphatic heterocycles. The summed E-state index contributed by atoms with van der Waals surface area (Å²) in [6.45, 7) is 6.82. The van der Waals surface area contributed by atoms with Crippen LogP contribution in [0.5, 0.6) is 0 Å². The van der Waals surface area contributed by atoms with Gasteiger partial charge in [-0.05, 0) is 31.9 Å². The van der Waals surface area contributed by atoms with E-state index in [0.29, 0.717) is 0 Å². The zero-order valence-electron chi connectivity index (χ0n) is 12.3. The van der Waals surface area contributed by atoms with Gasteiger partial charge in [-0.2, -0.15) is 0 Å². The van der Waals surface area contributed by atoms with E-state index < -0.39 is 0 Å². The van der Waals surface area contributed by atoms with Crippen molar-refractivity contribution in [2.24, 2.45) is 0 Å². The first-order valence-electron chi connectivity index (χ1n) is 6.86. The number of halogens is 1. The average molecular weight is 296 g/mol. The van der Waals surface area contributed by atoms with Gasteiger partial charge in [0.25, 0.3) is 0 Å². The minimum atomic E-state index is -0.147. The van der Waals surface area contributed by atoms with Crippen LogP contribution in [0.25, 0.3) is 5.65 Å². The number of pyridine rings is 1. The van der Waals surface area contributed by atoms with Gasteiger partial charge in [0.15, 0.2) is 0 Å². The highest BCUT2D eigenvalue weighted by Crippen LogP contribution is 2.16. The van der Waals surface area contributed by atoms with Crippen LogP contribution in [0, 0.1) is 13.8 Å². The zero-order valence-corrected chi connectivity index (χ0v) is 13.1. The van der Waals surface area contributed by atoms with Crippen LogP contribution in [0.2, 0.25) is 0 Å². The Labute approximate surface area is 125 Å². The number of β-amino-alcohol motifs (C(OH)–C–C–N with tert-alkyl or cyclic N) is 1. The van der Waals surface area contributed by atoms with E-state index in [4.69, 9.17) is 0 Å².